The summed E-state index contributed by atoms with van der Waals surface area (Å²) >= 11 is 0. The Bertz CT molecular complexity index is 201. The lowest BCUT2D eigenvalue weighted by Gasteiger charge is -2.17. The number of carbonyl (C=O) groups is 1. The molecule has 1 saturated carbocycles. The van der Waals surface area contributed by atoms with Gasteiger partial charge in [-0.15, -0.1) is 0 Å². The van der Waals surface area contributed by atoms with E-state index < -0.39 is 0 Å². The molecule has 1 aliphatic rings. The van der Waals surface area contributed by atoms with Crippen molar-refractivity contribution in [3.63, 3.8) is 0 Å². The van der Waals surface area contributed by atoms with E-state index in [2.05, 4.69) is 31.0 Å². The summed E-state index contributed by atoms with van der Waals surface area (Å²) in [5.41, 5.74) is 0. The normalized spacial score (nSPS) is 16.1. The second-order valence-corrected chi connectivity index (χ2v) is 5.29. The fraction of sp³-hybridized carbons (Fsp3) is 0.933. The second kappa shape index (κ2) is 11.5. The molecule has 0 spiro atoms. The van der Waals surface area contributed by atoms with E-state index in [1.54, 1.807) is 7.05 Å². The Labute approximate surface area is 113 Å². The molecule has 1 fully saturated rings. The number of nitrogens with one attached hydrogen (secondary N) is 1. The van der Waals surface area contributed by atoms with Gasteiger partial charge in [0.2, 0.25) is 5.91 Å². The van der Waals surface area contributed by atoms with Gasteiger partial charge in [-0.25, -0.2) is 0 Å². The van der Waals surface area contributed by atoms with Crippen LogP contribution in [0.3, 0.4) is 0 Å². The van der Waals surface area contributed by atoms with Crippen LogP contribution in [0, 0.1) is 5.92 Å². The molecule has 3 nitrogen and oxygen atoms in total. The van der Waals surface area contributed by atoms with E-state index in [0.717, 1.165) is 25.4 Å². The van der Waals surface area contributed by atoms with E-state index in [1.165, 1.54) is 32.1 Å². The summed E-state index contributed by atoms with van der Waals surface area (Å²) < 4.78 is 0. The van der Waals surface area contributed by atoms with E-state index in [1.807, 2.05) is 0 Å². The molecule has 108 valence electrons. The molecule has 1 rings (SSSR count). The lowest BCUT2D eigenvalue weighted by molar-refractivity contribution is -0.121. The zero-order valence-electron chi connectivity index (χ0n) is 12.8. The summed E-state index contributed by atoms with van der Waals surface area (Å²) in [6.45, 7) is 9.02. The second-order valence-electron chi connectivity index (χ2n) is 5.29. The number of amides is 1. The van der Waals surface area contributed by atoms with Crippen molar-refractivity contribution >= 4 is 5.91 Å². The SMILES string of the molecule is CC1CCCCC1.CCCN(CC)CC(=O)NC. The Morgan fingerprint density at radius 3 is 2.17 bits per heavy atom. The highest BCUT2D eigenvalue weighted by Gasteiger charge is 2.06. The molecule has 0 aliphatic heterocycles. The number of likely N-dealkylation sites (N-methyl/N-ethyl adjacent to an activating group) is 2. The highest BCUT2D eigenvalue weighted by Crippen LogP contribution is 2.22. The average molecular weight is 256 g/mol. The molecule has 18 heavy (non-hydrogen) atoms. The van der Waals surface area contributed by atoms with Crippen molar-refractivity contribution in [3.8, 4) is 0 Å². The Hall–Kier alpha value is -0.570. The van der Waals surface area contributed by atoms with Crippen molar-refractivity contribution in [2.45, 2.75) is 59.3 Å². The summed E-state index contributed by atoms with van der Waals surface area (Å²) in [6.07, 6.45) is 8.54. The Morgan fingerprint density at radius 2 is 1.83 bits per heavy atom. The van der Waals surface area contributed by atoms with Gasteiger partial charge in [-0.1, -0.05) is 52.9 Å². The van der Waals surface area contributed by atoms with Crippen molar-refractivity contribution in [1.82, 2.24) is 10.2 Å². The average Bonchev–Trinajstić information content (AvgIpc) is 2.39. The fourth-order valence-electron chi connectivity index (χ4n) is 2.25. The third-order valence-corrected chi connectivity index (χ3v) is 3.53. The maximum absolute atomic E-state index is 10.9. The van der Waals surface area contributed by atoms with Crippen LogP contribution < -0.4 is 5.32 Å². The maximum atomic E-state index is 10.9. The number of nitrogens with zero attached hydrogens (tertiary/aromatic N) is 1. The van der Waals surface area contributed by atoms with Crippen molar-refractivity contribution < 1.29 is 4.79 Å². The first-order chi connectivity index (χ1) is 8.63. The van der Waals surface area contributed by atoms with Crippen LogP contribution >= 0.6 is 0 Å². The molecule has 0 saturated heterocycles. The molecular weight excluding hydrogens is 224 g/mol. The van der Waals surface area contributed by atoms with Crippen LogP contribution in [0.4, 0.5) is 0 Å². The minimum absolute atomic E-state index is 0.0975. The van der Waals surface area contributed by atoms with Crippen LogP contribution in [-0.4, -0.2) is 37.5 Å². The van der Waals surface area contributed by atoms with Crippen LogP contribution in [0.15, 0.2) is 0 Å². The van der Waals surface area contributed by atoms with Gasteiger partial charge in [0.1, 0.15) is 0 Å². The maximum Gasteiger partial charge on any atom is 0.233 e. The molecular formula is C15H32N2O. The van der Waals surface area contributed by atoms with Gasteiger partial charge in [0.15, 0.2) is 0 Å². The smallest absolute Gasteiger partial charge is 0.233 e. The lowest BCUT2D eigenvalue weighted by atomic mass is 9.91. The van der Waals surface area contributed by atoms with Gasteiger partial charge < -0.3 is 5.32 Å². The van der Waals surface area contributed by atoms with Crippen LogP contribution in [0.2, 0.25) is 0 Å². The molecule has 0 aromatic heterocycles. The molecule has 1 N–H and O–H groups in total. The standard InChI is InChI=1S/C8H18N2O.C7H14/c1-4-6-10(5-2)7-8(11)9-3;1-7-5-3-2-4-6-7/h4-7H2,1-3H3,(H,9,11);7H,2-6H2,1H3. The van der Waals surface area contributed by atoms with Crippen LogP contribution in [-0.2, 0) is 4.79 Å². The van der Waals surface area contributed by atoms with E-state index in [-0.39, 0.29) is 5.91 Å². The highest BCUT2D eigenvalue weighted by atomic mass is 16.1. The van der Waals surface area contributed by atoms with Gasteiger partial charge in [0, 0.05) is 7.05 Å². The van der Waals surface area contributed by atoms with Gasteiger partial charge in [0.05, 0.1) is 6.54 Å². The zero-order valence-corrected chi connectivity index (χ0v) is 12.8. The number of rotatable bonds is 5. The molecule has 0 unspecified atom stereocenters. The van der Waals surface area contributed by atoms with E-state index >= 15 is 0 Å². The highest BCUT2D eigenvalue weighted by molar-refractivity contribution is 5.77. The van der Waals surface area contributed by atoms with E-state index in [9.17, 15) is 4.79 Å². The molecule has 1 amide bonds. The summed E-state index contributed by atoms with van der Waals surface area (Å²) in [6, 6.07) is 0. The first-order valence-electron chi connectivity index (χ1n) is 7.56. The first-order valence-corrected chi connectivity index (χ1v) is 7.56. The van der Waals surface area contributed by atoms with Crippen molar-refractivity contribution in [3.05, 3.63) is 0 Å². The van der Waals surface area contributed by atoms with E-state index in [0.29, 0.717) is 6.54 Å². The van der Waals surface area contributed by atoms with Gasteiger partial charge in [-0.2, -0.15) is 0 Å². The van der Waals surface area contributed by atoms with Gasteiger partial charge >= 0.3 is 0 Å². The fourth-order valence-corrected chi connectivity index (χ4v) is 2.25. The molecule has 0 aromatic carbocycles. The largest absolute Gasteiger partial charge is 0.358 e. The van der Waals surface area contributed by atoms with Crippen LogP contribution in [0.1, 0.15) is 59.3 Å². The first kappa shape index (κ1) is 17.4. The van der Waals surface area contributed by atoms with Gasteiger partial charge in [0.25, 0.3) is 0 Å². The monoisotopic (exact) mass is 256 g/mol. The van der Waals surface area contributed by atoms with Crippen molar-refractivity contribution in [2.75, 3.05) is 26.7 Å². The summed E-state index contributed by atoms with van der Waals surface area (Å²) in [5, 5.41) is 2.61. The quantitative estimate of drug-likeness (QED) is 0.820. The summed E-state index contributed by atoms with van der Waals surface area (Å²) in [4.78, 5) is 13.0. The van der Waals surface area contributed by atoms with Crippen LogP contribution in [0.5, 0.6) is 0 Å². The molecule has 1 aliphatic carbocycles. The van der Waals surface area contributed by atoms with Gasteiger partial charge in [-0.05, 0) is 25.4 Å². The van der Waals surface area contributed by atoms with E-state index in [4.69, 9.17) is 0 Å². The van der Waals surface area contributed by atoms with Crippen molar-refractivity contribution in [1.29, 1.82) is 0 Å². The number of hydrogen-bond acceptors (Lipinski definition) is 2. The molecule has 0 radical (unpaired) electrons. The third kappa shape index (κ3) is 9.46. The predicted octanol–water partition coefficient (Wildman–Crippen LogP) is 3.05. The topological polar surface area (TPSA) is 32.3 Å². The minimum atomic E-state index is 0.0975. The Balaban J connectivity index is 0.000000351. The Kier molecular flexibility index (Phi) is 11.2. The summed E-state index contributed by atoms with van der Waals surface area (Å²) in [5.74, 6) is 1.13. The number of hydrogen-bond donors (Lipinski definition) is 1. The van der Waals surface area contributed by atoms with Crippen LogP contribution in [0.25, 0.3) is 0 Å². The zero-order chi connectivity index (χ0) is 13.8. The third-order valence-electron chi connectivity index (χ3n) is 3.53. The molecule has 3 heteroatoms. The predicted molar refractivity (Wildman–Crippen MR) is 78.7 cm³/mol. The molecule has 0 heterocycles. The molecule has 0 bridgehead atoms. The summed E-state index contributed by atoms with van der Waals surface area (Å²) in [7, 11) is 1.67. The molecule has 0 atom stereocenters. The minimum Gasteiger partial charge on any atom is -0.358 e. The number of carbonyl (C=O) groups excluding carboxylic acids is 1. The lowest BCUT2D eigenvalue weighted by Crippen LogP contribution is -2.35. The van der Waals surface area contributed by atoms with Crippen molar-refractivity contribution in [2.24, 2.45) is 5.92 Å². The molecule has 0 aromatic rings. The van der Waals surface area contributed by atoms with Gasteiger partial charge in [-0.3, -0.25) is 9.69 Å². The Morgan fingerprint density at radius 1 is 1.22 bits per heavy atom.